The van der Waals surface area contributed by atoms with Crippen LogP contribution in [0.1, 0.15) is 12.5 Å². The Bertz CT molecular complexity index is 752. The molecule has 0 aliphatic carbocycles. The molecule has 1 aromatic heterocycles. The molecule has 3 rings (SSSR count). The summed E-state index contributed by atoms with van der Waals surface area (Å²) < 4.78 is 0. The summed E-state index contributed by atoms with van der Waals surface area (Å²) in [5, 5.41) is 12.0. The topological polar surface area (TPSA) is 68.1 Å². The second kappa shape index (κ2) is 7.77. The number of nitrogens with one attached hydrogen (secondary N) is 1. The Morgan fingerprint density at radius 3 is 2.36 bits per heavy atom. The molecule has 1 aliphatic heterocycles. The maximum Gasteiger partial charge on any atom is 0.227 e. The van der Waals surface area contributed by atoms with Crippen LogP contribution in [0.3, 0.4) is 0 Å². The van der Waals surface area contributed by atoms with Gasteiger partial charge in [0.25, 0.3) is 0 Å². The highest BCUT2D eigenvalue weighted by Gasteiger charge is 2.15. The van der Waals surface area contributed by atoms with E-state index in [-0.39, 0.29) is 0 Å². The summed E-state index contributed by atoms with van der Waals surface area (Å²) in [5.74, 6) is 0.499. The number of rotatable bonds is 5. The first-order valence-corrected chi connectivity index (χ1v) is 8.45. The number of likely N-dealkylation sites (N-methyl/N-ethyl adjacent to an activating group) is 1. The van der Waals surface area contributed by atoms with Crippen LogP contribution in [0, 0.1) is 11.3 Å². The number of aromatic nitrogens is 2. The summed E-state index contributed by atoms with van der Waals surface area (Å²) in [7, 11) is 0. The lowest BCUT2D eigenvalue weighted by Crippen LogP contribution is -2.46. The molecule has 6 heteroatoms. The average Bonchev–Trinajstić information content (AvgIpc) is 2.68. The summed E-state index contributed by atoms with van der Waals surface area (Å²) in [4.78, 5) is 13.3. The standard InChI is InChI=1S/C19H22N6/c1-3-24-8-10-25(11-9-24)18-6-4-17(5-7-18)23-19-21-13-16(14-22-19)15(2)12-20/h4-7,13-14H,2-3,8-11H2,1H3,(H,21,22,23). The third kappa shape index (κ3) is 4.14. The molecule has 0 amide bonds. The van der Waals surface area contributed by atoms with Crippen LogP contribution < -0.4 is 10.2 Å². The van der Waals surface area contributed by atoms with Gasteiger partial charge in [0.05, 0.1) is 11.6 Å². The number of piperazine rings is 1. The predicted octanol–water partition coefficient (Wildman–Crippen LogP) is 2.90. The van der Waals surface area contributed by atoms with Crippen LogP contribution in [0.4, 0.5) is 17.3 Å². The number of nitrogens with zero attached hydrogens (tertiary/aromatic N) is 5. The maximum absolute atomic E-state index is 8.83. The molecule has 0 bridgehead atoms. The number of nitriles is 1. The molecule has 25 heavy (non-hydrogen) atoms. The van der Waals surface area contributed by atoms with Gasteiger partial charge in [0.2, 0.25) is 5.95 Å². The smallest absolute Gasteiger partial charge is 0.227 e. The minimum absolute atomic E-state index is 0.360. The summed E-state index contributed by atoms with van der Waals surface area (Å²) in [5.41, 5.74) is 3.17. The van der Waals surface area contributed by atoms with E-state index in [1.807, 2.05) is 18.2 Å². The lowest BCUT2D eigenvalue weighted by Gasteiger charge is -2.35. The van der Waals surface area contributed by atoms with Crippen LogP contribution in [-0.4, -0.2) is 47.6 Å². The number of hydrogen-bond acceptors (Lipinski definition) is 6. The molecule has 1 aromatic carbocycles. The number of hydrogen-bond donors (Lipinski definition) is 1. The van der Waals surface area contributed by atoms with Crippen LogP contribution in [-0.2, 0) is 0 Å². The summed E-state index contributed by atoms with van der Waals surface area (Å²) >= 11 is 0. The largest absolute Gasteiger partial charge is 0.369 e. The van der Waals surface area contributed by atoms with Crippen molar-refractivity contribution in [2.75, 3.05) is 42.9 Å². The van der Waals surface area contributed by atoms with E-state index < -0.39 is 0 Å². The van der Waals surface area contributed by atoms with Crippen molar-refractivity contribution < 1.29 is 0 Å². The van der Waals surface area contributed by atoms with E-state index >= 15 is 0 Å². The molecule has 0 atom stereocenters. The Hall–Kier alpha value is -2.91. The molecule has 0 unspecified atom stereocenters. The van der Waals surface area contributed by atoms with Gasteiger partial charge in [0.1, 0.15) is 0 Å². The van der Waals surface area contributed by atoms with E-state index in [1.165, 1.54) is 5.69 Å². The van der Waals surface area contributed by atoms with Crippen molar-refractivity contribution in [3.05, 3.63) is 48.8 Å². The predicted molar refractivity (Wildman–Crippen MR) is 101 cm³/mol. The highest BCUT2D eigenvalue weighted by molar-refractivity contribution is 5.74. The lowest BCUT2D eigenvalue weighted by molar-refractivity contribution is 0.271. The van der Waals surface area contributed by atoms with E-state index in [1.54, 1.807) is 12.4 Å². The van der Waals surface area contributed by atoms with E-state index in [9.17, 15) is 0 Å². The van der Waals surface area contributed by atoms with Gasteiger partial charge in [-0.25, -0.2) is 9.97 Å². The lowest BCUT2D eigenvalue weighted by atomic mass is 10.2. The minimum Gasteiger partial charge on any atom is -0.369 e. The van der Waals surface area contributed by atoms with Gasteiger partial charge >= 0.3 is 0 Å². The monoisotopic (exact) mass is 334 g/mol. The molecule has 6 nitrogen and oxygen atoms in total. The highest BCUT2D eigenvalue weighted by Crippen LogP contribution is 2.21. The number of anilines is 3. The van der Waals surface area contributed by atoms with Crippen LogP contribution in [0.15, 0.2) is 43.2 Å². The van der Waals surface area contributed by atoms with Crippen LogP contribution in [0.2, 0.25) is 0 Å². The fourth-order valence-corrected chi connectivity index (χ4v) is 2.82. The zero-order valence-electron chi connectivity index (χ0n) is 14.4. The van der Waals surface area contributed by atoms with Gasteiger partial charge < -0.3 is 15.1 Å². The zero-order valence-corrected chi connectivity index (χ0v) is 14.4. The van der Waals surface area contributed by atoms with Crippen molar-refractivity contribution >= 4 is 22.9 Å². The molecule has 0 spiro atoms. The van der Waals surface area contributed by atoms with Crippen LogP contribution >= 0.6 is 0 Å². The minimum atomic E-state index is 0.360. The summed E-state index contributed by atoms with van der Waals surface area (Å²) in [6, 6.07) is 10.3. The van der Waals surface area contributed by atoms with E-state index in [2.05, 4.69) is 50.7 Å². The first-order valence-electron chi connectivity index (χ1n) is 8.45. The average molecular weight is 334 g/mol. The van der Waals surface area contributed by atoms with Gasteiger partial charge in [-0.2, -0.15) is 5.26 Å². The third-order valence-electron chi connectivity index (χ3n) is 4.44. The summed E-state index contributed by atoms with van der Waals surface area (Å²) in [6.07, 6.45) is 3.20. The Balaban J connectivity index is 1.61. The maximum atomic E-state index is 8.83. The molecule has 0 radical (unpaired) electrons. The second-order valence-corrected chi connectivity index (χ2v) is 5.98. The Labute approximate surface area is 148 Å². The van der Waals surface area contributed by atoms with Crippen molar-refractivity contribution in [2.24, 2.45) is 0 Å². The van der Waals surface area contributed by atoms with Gasteiger partial charge in [-0.05, 0) is 30.8 Å². The quantitative estimate of drug-likeness (QED) is 0.848. The molecule has 1 saturated heterocycles. The van der Waals surface area contributed by atoms with Crippen molar-refractivity contribution in [3.8, 4) is 6.07 Å². The Morgan fingerprint density at radius 2 is 1.80 bits per heavy atom. The van der Waals surface area contributed by atoms with Crippen molar-refractivity contribution in [1.82, 2.24) is 14.9 Å². The molecular formula is C19H22N6. The van der Waals surface area contributed by atoms with Crippen LogP contribution in [0.25, 0.3) is 5.57 Å². The normalized spacial score (nSPS) is 14.8. The fraction of sp³-hybridized carbons (Fsp3) is 0.316. The van der Waals surface area contributed by atoms with E-state index in [4.69, 9.17) is 5.26 Å². The second-order valence-electron chi connectivity index (χ2n) is 5.98. The Kier molecular flexibility index (Phi) is 5.26. The molecule has 1 aliphatic rings. The molecule has 2 aromatic rings. The van der Waals surface area contributed by atoms with Gasteiger partial charge in [0.15, 0.2) is 0 Å². The van der Waals surface area contributed by atoms with Gasteiger partial charge in [-0.15, -0.1) is 0 Å². The first kappa shape index (κ1) is 16.9. The SMILES string of the molecule is C=C(C#N)c1cnc(Nc2ccc(N3CCN(CC)CC3)cc2)nc1. The molecule has 2 heterocycles. The van der Waals surface area contributed by atoms with Gasteiger partial charge in [0, 0.05) is 55.5 Å². The van der Waals surface area contributed by atoms with Gasteiger partial charge in [-0.3, -0.25) is 0 Å². The molecule has 1 N–H and O–H groups in total. The van der Waals surface area contributed by atoms with Crippen molar-refractivity contribution in [1.29, 1.82) is 5.26 Å². The molecule has 1 fully saturated rings. The van der Waals surface area contributed by atoms with Crippen molar-refractivity contribution in [2.45, 2.75) is 6.92 Å². The van der Waals surface area contributed by atoms with Crippen LogP contribution in [0.5, 0.6) is 0 Å². The van der Waals surface area contributed by atoms with E-state index in [0.717, 1.165) is 38.4 Å². The highest BCUT2D eigenvalue weighted by atomic mass is 15.3. The third-order valence-corrected chi connectivity index (χ3v) is 4.44. The molecule has 0 saturated carbocycles. The first-order chi connectivity index (χ1) is 12.2. The van der Waals surface area contributed by atoms with E-state index in [0.29, 0.717) is 17.1 Å². The zero-order chi connectivity index (χ0) is 17.6. The Morgan fingerprint density at radius 1 is 1.16 bits per heavy atom. The molecule has 128 valence electrons. The number of benzene rings is 1. The summed E-state index contributed by atoms with van der Waals surface area (Å²) in [6.45, 7) is 11.3. The fourth-order valence-electron chi connectivity index (χ4n) is 2.82. The van der Waals surface area contributed by atoms with Crippen molar-refractivity contribution in [3.63, 3.8) is 0 Å². The number of allylic oxidation sites excluding steroid dienone is 1. The molecular weight excluding hydrogens is 312 g/mol. The van der Waals surface area contributed by atoms with Gasteiger partial charge in [-0.1, -0.05) is 13.5 Å².